The third-order valence-corrected chi connectivity index (χ3v) is 2.29. The molecule has 0 radical (unpaired) electrons. The van der Waals surface area contributed by atoms with Crippen molar-refractivity contribution < 1.29 is 9.53 Å². The van der Waals surface area contributed by atoms with Crippen molar-refractivity contribution in [3.05, 3.63) is 12.7 Å². The number of hydrogen-bond acceptors (Lipinski definition) is 2. The summed E-state index contributed by atoms with van der Waals surface area (Å²) in [4.78, 5) is 10.1. The minimum atomic E-state index is 0.0961. The molecule has 0 heterocycles. The Balaban J connectivity index is 2.43. The number of ether oxygens (including phenoxy) is 1. The predicted octanol–water partition coefficient (Wildman–Crippen LogP) is 1.90. The summed E-state index contributed by atoms with van der Waals surface area (Å²) in [5, 5.41) is 0. The maximum Gasteiger partial charge on any atom is 0.293 e. The molecule has 1 saturated carbocycles. The lowest BCUT2D eigenvalue weighted by Crippen LogP contribution is -2.25. The highest BCUT2D eigenvalue weighted by Crippen LogP contribution is 2.26. The van der Waals surface area contributed by atoms with Gasteiger partial charge in [0.25, 0.3) is 6.47 Å². The second kappa shape index (κ2) is 4.16. The lowest BCUT2D eigenvalue weighted by Gasteiger charge is -2.27. The molecule has 1 aliphatic carbocycles. The van der Waals surface area contributed by atoms with Crippen LogP contribution in [-0.4, -0.2) is 12.6 Å². The molecule has 2 unspecified atom stereocenters. The number of carbonyl (C=O) groups excluding carboxylic acids is 1. The molecule has 0 amide bonds. The van der Waals surface area contributed by atoms with Crippen molar-refractivity contribution in [2.24, 2.45) is 5.92 Å². The van der Waals surface area contributed by atoms with E-state index in [1.807, 2.05) is 6.08 Å². The maximum absolute atomic E-state index is 10.1. The summed E-state index contributed by atoms with van der Waals surface area (Å²) in [5.74, 6) is 0.383. The Bertz CT molecular complexity index is 142. The van der Waals surface area contributed by atoms with Gasteiger partial charge in [-0.2, -0.15) is 0 Å². The number of carbonyl (C=O) groups is 1. The number of rotatable bonds is 3. The smallest absolute Gasteiger partial charge is 0.293 e. The van der Waals surface area contributed by atoms with Crippen LogP contribution < -0.4 is 0 Å². The highest BCUT2D eigenvalue weighted by atomic mass is 16.5. The lowest BCUT2D eigenvalue weighted by molar-refractivity contribution is -0.136. The zero-order chi connectivity index (χ0) is 8.10. The standard InChI is InChI=1S/C9H14O2/c1-2-8-5-3-4-6-9(8)11-7-10/h2,7-9H,1,3-6H2. The second-order valence-corrected chi connectivity index (χ2v) is 2.95. The largest absolute Gasteiger partial charge is 0.464 e. The average molecular weight is 154 g/mol. The van der Waals surface area contributed by atoms with E-state index in [0.29, 0.717) is 12.4 Å². The van der Waals surface area contributed by atoms with Crippen LogP contribution in [0, 0.1) is 5.92 Å². The van der Waals surface area contributed by atoms with Crippen molar-refractivity contribution in [1.82, 2.24) is 0 Å². The van der Waals surface area contributed by atoms with E-state index < -0.39 is 0 Å². The Hall–Kier alpha value is -0.790. The van der Waals surface area contributed by atoms with Crippen molar-refractivity contribution in [2.75, 3.05) is 0 Å². The molecule has 2 nitrogen and oxygen atoms in total. The minimum Gasteiger partial charge on any atom is -0.464 e. The van der Waals surface area contributed by atoms with Gasteiger partial charge in [-0.1, -0.05) is 12.5 Å². The molecule has 62 valence electrons. The summed E-state index contributed by atoms with van der Waals surface area (Å²) in [6.45, 7) is 4.27. The van der Waals surface area contributed by atoms with E-state index >= 15 is 0 Å². The summed E-state index contributed by atoms with van der Waals surface area (Å²) < 4.78 is 4.93. The fourth-order valence-electron chi connectivity index (χ4n) is 1.64. The second-order valence-electron chi connectivity index (χ2n) is 2.95. The molecular weight excluding hydrogens is 140 g/mol. The van der Waals surface area contributed by atoms with Gasteiger partial charge >= 0.3 is 0 Å². The molecule has 1 fully saturated rings. The molecule has 1 rings (SSSR count). The molecule has 1 aliphatic rings. The molecule has 0 saturated heterocycles. The van der Waals surface area contributed by atoms with Crippen LogP contribution in [0.3, 0.4) is 0 Å². The van der Waals surface area contributed by atoms with Gasteiger partial charge in [0, 0.05) is 5.92 Å². The first-order valence-corrected chi connectivity index (χ1v) is 4.10. The normalized spacial score (nSPS) is 30.9. The lowest BCUT2D eigenvalue weighted by atomic mass is 9.87. The van der Waals surface area contributed by atoms with Gasteiger partial charge in [-0.15, -0.1) is 6.58 Å². The van der Waals surface area contributed by atoms with Gasteiger partial charge in [-0.3, -0.25) is 4.79 Å². The molecule has 0 N–H and O–H groups in total. The van der Waals surface area contributed by atoms with Crippen molar-refractivity contribution in [2.45, 2.75) is 31.8 Å². The maximum atomic E-state index is 10.1. The van der Waals surface area contributed by atoms with Gasteiger partial charge < -0.3 is 4.74 Å². The van der Waals surface area contributed by atoms with Crippen LogP contribution in [0.4, 0.5) is 0 Å². The summed E-state index contributed by atoms with van der Waals surface area (Å²) >= 11 is 0. The van der Waals surface area contributed by atoms with E-state index in [2.05, 4.69) is 6.58 Å². The minimum absolute atomic E-state index is 0.0961. The van der Waals surface area contributed by atoms with Gasteiger partial charge in [-0.05, 0) is 19.3 Å². The Morgan fingerprint density at radius 1 is 1.36 bits per heavy atom. The summed E-state index contributed by atoms with van der Waals surface area (Å²) in [6, 6.07) is 0. The first-order valence-electron chi connectivity index (χ1n) is 4.10. The topological polar surface area (TPSA) is 26.3 Å². The monoisotopic (exact) mass is 154 g/mol. The fraction of sp³-hybridized carbons (Fsp3) is 0.667. The van der Waals surface area contributed by atoms with Crippen molar-refractivity contribution in [3.8, 4) is 0 Å². The van der Waals surface area contributed by atoms with Crippen LogP contribution in [0.1, 0.15) is 25.7 Å². The van der Waals surface area contributed by atoms with Crippen LogP contribution >= 0.6 is 0 Å². The van der Waals surface area contributed by atoms with Crippen LogP contribution in [-0.2, 0) is 9.53 Å². The molecule has 0 aromatic heterocycles. The van der Waals surface area contributed by atoms with Gasteiger partial charge in [0.15, 0.2) is 0 Å². The molecule has 0 aliphatic heterocycles. The average Bonchev–Trinajstić information content (AvgIpc) is 2.06. The third kappa shape index (κ3) is 2.07. The van der Waals surface area contributed by atoms with E-state index in [-0.39, 0.29) is 6.10 Å². The van der Waals surface area contributed by atoms with Crippen LogP contribution in [0.25, 0.3) is 0 Å². The predicted molar refractivity (Wildman–Crippen MR) is 43.1 cm³/mol. The molecule has 0 spiro atoms. The van der Waals surface area contributed by atoms with E-state index in [9.17, 15) is 4.79 Å². The quantitative estimate of drug-likeness (QED) is 0.458. The van der Waals surface area contributed by atoms with Gasteiger partial charge in [0.2, 0.25) is 0 Å². The summed E-state index contributed by atoms with van der Waals surface area (Å²) in [5.41, 5.74) is 0. The highest BCUT2D eigenvalue weighted by molar-refractivity contribution is 5.37. The third-order valence-electron chi connectivity index (χ3n) is 2.29. The number of hydrogen-bond donors (Lipinski definition) is 0. The van der Waals surface area contributed by atoms with E-state index in [0.717, 1.165) is 12.8 Å². The molecule has 0 aromatic rings. The SMILES string of the molecule is C=CC1CCCCC1OC=O. The molecule has 2 atom stereocenters. The van der Waals surface area contributed by atoms with Crippen molar-refractivity contribution >= 4 is 6.47 Å². The van der Waals surface area contributed by atoms with E-state index in [1.54, 1.807) is 0 Å². The van der Waals surface area contributed by atoms with Crippen molar-refractivity contribution in [1.29, 1.82) is 0 Å². The molecule has 0 aromatic carbocycles. The van der Waals surface area contributed by atoms with Crippen molar-refractivity contribution in [3.63, 3.8) is 0 Å². The Morgan fingerprint density at radius 2 is 2.09 bits per heavy atom. The molecular formula is C9H14O2. The molecule has 0 bridgehead atoms. The Labute approximate surface area is 67.2 Å². The zero-order valence-electron chi connectivity index (χ0n) is 6.66. The highest BCUT2D eigenvalue weighted by Gasteiger charge is 2.23. The van der Waals surface area contributed by atoms with Crippen LogP contribution in [0.5, 0.6) is 0 Å². The van der Waals surface area contributed by atoms with E-state index in [1.165, 1.54) is 12.8 Å². The molecule has 11 heavy (non-hydrogen) atoms. The van der Waals surface area contributed by atoms with Crippen LogP contribution in [0.15, 0.2) is 12.7 Å². The Kier molecular flexibility index (Phi) is 3.14. The van der Waals surface area contributed by atoms with Gasteiger partial charge in [0.05, 0.1) is 0 Å². The van der Waals surface area contributed by atoms with Crippen LogP contribution in [0.2, 0.25) is 0 Å². The zero-order valence-corrected chi connectivity index (χ0v) is 6.66. The summed E-state index contributed by atoms with van der Waals surface area (Å²) in [6.07, 6.45) is 6.50. The Morgan fingerprint density at radius 3 is 2.73 bits per heavy atom. The van der Waals surface area contributed by atoms with E-state index in [4.69, 9.17) is 4.74 Å². The van der Waals surface area contributed by atoms with Gasteiger partial charge in [0.1, 0.15) is 6.10 Å². The summed E-state index contributed by atoms with van der Waals surface area (Å²) in [7, 11) is 0. The first-order chi connectivity index (χ1) is 5.38. The van der Waals surface area contributed by atoms with Gasteiger partial charge in [-0.25, -0.2) is 0 Å². The molecule has 2 heteroatoms. The first kappa shape index (κ1) is 8.31. The fourth-order valence-corrected chi connectivity index (χ4v) is 1.64.